The standard InChI is InChI=1S/C8H13N3/c1-6-3-4-11-8(10-2)7(6)5-9/h3-4H,5,9H2,1-2H3,(H,10,11). The van der Waals surface area contributed by atoms with Crippen LogP contribution in [-0.4, -0.2) is 12.0 Å². The zero-order valence-electron chi connectivity index (χ0n) is 6.89. The van der Waals surface area contributed by atoms with E-state index in [1.54, 1.807) is 6.20 Å². The van der Waals surface area contributed by atoms with Crippen LogP contribution < -0.4 is 11.1 Å². The molecule has 3 nitrogen and oxygen atoms in total. The van der Waals surface area contributed by atoms with Crippen LogP contribution in [0.3, 0.4) is 0 Å². The molecule has 3 heteroatoms. The predicted octanol–water partition coefficient (Wildman–Crippen LogP) is 0.890. The third kappa shape index (κ3) is 1.49. The molecule has 0 saturated heterocycles. The Morgan fingerprint density at radius 2 is 2.36 bits per heavy atom. The first-order chi connectivity index (χ1) is 5.29. The Morgan fingerprint density at radius 3 is 2.82 bits per heavy atom. The Labute approximate surface area is 66.6 Å². The van der Waals surface area contributed by atoms with Crippen molar-refractivity contribution in [2.75, 3.05) is 12.4 Å². The predicted molar refractivity (Wildman–Crippen MR) is 46.4 cm³/mol. The molecule has 0 saturated carbocycles. The van der Waals surface area contributed by atoms with Crippen molar-refractivity contribution in [3.8, 4) is 0 Å². The van der Waals surface area contributed by atoms with E-state index in [0.29, 0.717) is 6.54 Å². The maximum atomic E-state index is 5.55. The molecule has 0 aliphatic rings. The van der Waals surface area contributed by atoms with Gasteiger partial charge in [-0.25, -0.2) is 4.98 Å². The SMILES string of the molecule is CNc1nccc(C)c1CN. The van der Waals surface area contributed by atoms with Crippen LogP contribution in [0, 0.1) is 6.92 Å². The van der Waals surface area contributed by atoms with E-state index >= 15 is 0 Å². The number of aromatic nitrogens is 1. The van der Waals surface area contributed by atoms with Crippen molar-refractivity contribution in [2.24, 2.45) is 5.73 Å². The van der Waals surface area contributed by atoms with Gasteiger partial charge in [0, 0.05) is 25.4 Å². The summed E-state index contributed by atoms with van der Waals surface area (Å²) in [7, 11) is 1.85. The summed E-state index contributed by atoms with van der Waals surface area (Å²) >= 11 is 0. The van der Waals surface area contributed by atoms with Gasteiger partial charge in [0.15, 0.2) is 0 Å². The Morgan fingerprint density at radius 1 is 1.64 bits per heavy atom. The van der Waals surface area contributed by atoms with Crippen LogP contribution in [0.4, 0.5) is 5.82 Å². The molecule has 0 spiro atoms. The summed E-state index contributed by atoms with van der Waals surface area (Å²) in [6, 6.07) is 1.96. The average molecular weight is 151 g/mol. The maximum Gasteiger partial charge on any atom is 0.130 e. The average Bonchev–Trinajstić information content (AvgIpc) is 2.04. The van der Waals surface area contributed by atoms with Gasteiger partial charge in [-0.1, -0.05) is 0 Å². The van der Waals surface area contributed by atoms with E-state index < -0.39 is 0 Å². The summed E-state index contributed by atoms with van der Waals surface area (Å²) < 4.78 is 0. The van der Waals surface area contributed by atoms with E-state index in [4.69, 9.17) is 5.73 Å². The van der Waals surface area contributed by atoms with Gasteiger partial charge in [-0.05, 0) is 18.6 Å². The number of nitrogens with zero attached hydrogens (tertiary/aromatic N) is 1. The zero-order chi connectivity index (χ0) is 8.27. The molecule has 11 heavy (non-hydrogen) atoms. The first-order valence-corrected chi connectivity index (χ1v) is 3.62. The normalized spacial score (nSPS) is 9.73. The highest BCUT2D eigenvalue weighted by atomic mass is 15.0. The molecule has 1 heterocycles. The van der Waals surface area contributed by atoms with Crippen LogP contribution in [0.1, 0.15) is 11.1 Å². The molecule has 0 unspecified atom stereocenters. The lowest BCUT2D eigenvalue weighted by molar-refractivity contribution is 1.02. The molecule has 1 aromatic heterocycles. The van der Waals surface area contributed by atoms with Gasteiger partial charge in [-0.3, -0.25) is 0 Å². The first-order valence-electron chi connectivity index (χ1n) is 3.62. The number of hydrogen-bond donors (Lipinski definition) is 2. The topological polar surface area (TPSA) is 50.9 Å². The quantitative estimate of drug-likeness (QED) is 0.660. The lowest BCUT2D eigenvalue weighted by Gasteiger charge is -2.07. The van der Waals surface area contributed by atoms with Crippen molar-refractivity contribution in [2.45, 2.75) is 13.5 Å². The first kappa shape index (κ1) is 8.01. The fourth-order valence-corrected chi connectivity index (χ4v) is 1.06. The van der Waals surface area contributed by atoms with Crippen molar-refractivity contribution in [1.82, 2.24) is 4.98 Å². The molecule has 60 valence electrons. The second-order valence-corrected chi connectivity index (χ2v) is 2.41. The van der Waals surface area contributed by atoms with Crippen LogP contribution >= 0.6 is 0 Å². The van der Waals surface area contributed by atoms with Crippen LogP contribution in [0.5, 0.6) is 0 Å². The molecule has 0 fully saturated rings. The molecule has 0 bridgehead atoms. The molecular weight excluding hydrogens is 138 g/mol. The molecule has 0 aliphatic carbocycles. The van der Waals surface area contributed by atoms with Gasteiger partial charge in [0.25, 0.3) is 0 Å². The van der Waals surface area contributed by atoms with Crippen molar-refractivity contribution in [1.29, 1.82) is 0 Å². The van der Waals surface area contributed by atoms with Gasteiger partial charge >= 0.3 is 0 Å². The third-order valence-electron chi connectivity index (χ3n) is 1.73. The van der Waals surface area contributed by atoms with Gasteiger partial charge in [-0.15, -0.1) is 0 Å². The molecule has 1 aromatic rings. The molecule has 3 N–H and O–H groups in total. The fourth-order valence-electron chi connectivity index (χ4n) is 1.06. The maximum absolute atomic E-state index is 5.55. The lowest BCUT2D eigenvalue weighted by atomic mass is 10.1. The second-order valence-electron chi connectivity index (χ2n) is 2.41. The number of nitrogens with two attached hydrogens (primary N) is 1. The van der Waals surface area contributed by atoms with Crippen molar-refractivity contribution in [3.05, 3.63) is 23.4 Å². The summed E-state index contributed by atoms with van der Waals surface area (Å²) in [5, 5.41) is 3.00. The van der Waals surface area contributed by atoms with E-state index in [2.05, 4.69) is 10.3 Å². The molecular formula is C8H13N3. The summed E-state index contributed by atoms with van der Waals surface area (Å²) in [4.78, 5) is 4.14. The molecule has 0 amide bonds. The van der Waals surface area contributed by atoms with E-state index in [1.165, 1.54) is 5.56 Å². The van der Waals surface area contributed by atoms with Gasteiger partial charge in [-0.2, -0.15) is 0 Å². The number of nitrogens with one attached hydrogen (secondary N) is 1. The highest BCUT2D eigenvalue weighted by Crippen LogP contribution is 2.14. The number of aryl methyl sites for hydroxylation is 1. The molecule has 0 aliphatic heterocycles. The van der Waals surface area contributed by atoms with Gasteiger partial charge in [0.05, 0.1) is 0 Å². The largest absolute Gasteiger partial charge is 0.373 e. The van der Waals surface area contributed by atoms with E-state index in [1.807, 2.05) is 20.0 Å². The number of pyridine rings is 1. The Hall–Kier alpha value is -1.09. The molecule has 1 rings (SSSR count). The van der Waals surface area contributed by atoms with E-state index in [9.17, 15) is 0 Å². The van der Waals surface area contributed by atoms with E-state index in [0.717, 1.165) is 11.4 Å². The minimum atomic E-state index is 0.538. The van der Waals surface area contributed by atoms with Gasteiger partial charge < -0.3 is 11.1 Å². The minimum absolute atomic E-state index is 0.538. The molecule has 0 atom stereocenters. The highest BCUT2D eigenvalue weighted by Gasteiger charge is 2.01. The Kier molecular flexibility index (Phi) is 2.44. The minimum Gasteiger partial charge on any atom is -0.373 e. The summed E-state index contributed by atoms with van der Waals surface area (Å²) in [6.07, 6.45) is 1.78. The fraction of sp³-hybridized carbons (Fsp3) is 0.375. The highest BCUT2D eigenvalue weighted by molar-refractivity contribution is 5.47. The summed E-state index contributed by atoms with van der Waals surface area (Å²) in [6.45, 7) is 2.57. The third-order valence-corrected chi connectivity index (χ3v) is 1.73. The van der Waals surface area contributed by atoms with Crippen LogP contribution in [0.2, 0.25) is 0 Å². The van der Waals surface area contributed by atoms with Crippen LogP contribution in [0.15, 0.2) is 12.3 Å². The molecule has 0 aromatic carbocycles. The van der Waals surface area contributed by atoms with Crippen molar-refractivity contribution >= 4 is 5.82 Å². The zero-order valence-corrected chi connectivity index (χ0v) is 6.89. The monoisotopic (exact) mass is 151 g/mol. The Balaban J connectivity index is 3.13. The van der Waals surface area contributed by atoms with Gasteiger partial charge in [0.1, 0.15) is 5.82 Å². The lowest BCUT2D eigenvalue weighted by Crippen LogP contribution is -2.05. The smallest absolute Gasteiger partial charge is 0.130 e. The summed E-state index contributed by atoms with van der Waals surface area (Å²) in [5.41, 5.74) is 7.83. The van der Waals surface area contributed by atoms with Crippen molar-refractivity contribution in [3.63, 3.8) is 0 Å². The second kappa shape index (κ2) is 3.34. The summed E-state index contributed by atoms with van der Waals surface area (Å²) in [5.74, 6) is 0.882. The number of anilines is 1. The van der Waals surface area contributed by atoms with E-state index in [-0.39, 0.29) is 0 Å². The number of rotatable bonds is 2. The van der Waals surface area contributed by atoms with Gasteiger partial charge in [0.2, 0.25) is 0 Å². The number of hydrogen-bond acceptors (Lipinski definition) is 3. The molecule has 0 radical (unpaired) electrons. The Bertz CT molecular complexity index is 245. The van der Waals surface area contributed by atoms with Crippen LogP contribution in [-0.2, 0) is 6.54 Å². The van der Waals surface area contributed by atoms with Crippen molar-refractivity contribution < 1.29 is 0 Å². The van der Waals surface area contributed by atoms with Crippen LogP contribution in [0.25, 0.3) is 0 Å².